The van der Waals surface area contributed by atoms with E-state index in [0.717, 1.165) is 36.7 Å². The van der Waals surface area contributed by atoms with Gasteiger partial charge in [0.2, 0.25) is 0 Å². The summed E-state index contributed by atoms with van der Waals surface area (Å²) in [6.45, 7) is 5.07. The van der Waals surface area contributed by atoms with Crippen molar-refractivity contribution in [2.45, 2.75) is 26.4 Å². The predicted molar refractivity (Wildman–Crippen MR) is 65.0 cm³/mol. The number of hydrogen-bond acceptors (Lipinski definition) is 3. The Balaban J connectivity index is 2.18. The van der Waals surface area contributed by atoms with Crippen LogP contribution < -0.4 is 9.64 Å². The monoisotopic (exact) mass is 221 g/mol. The lowest BCUT2D eigenvalue weighted by Gasteiger charge is -2.31. The highest BCUT2D eigenvalue weighted by Gasteiger charge is 2.17. The van der Waals surface area contributed by atoms with E-state index >= 15 is 0 Å². The minimum absolute atomic E-state index is 0.0750. The Hall–Kier alpha value is -1.22. The standard InChI is InChI=1S/C13H19NO2/c1-2-3-6-14-7-8-16-13-9-11(10-15)4-5-12(13)14/h4-5,9,15H,2-3,6-8,10H2,1H3. The molecule has 0 radical (unpaired) electrons. The van der Waals surface area contributed by atoms with Gasteiger partial charge in [-0.3, -0.25) is 0 Å². The van der Waals surface area contributed by atoms with Gasteiger partial charge in [-0.2, -0.15) is 0 Å². The van der Waals surface area contributed by atoms with Gasteiger partial charge in [-0.25, -0.2) is 0 Å². The molecule has 3 nitrogen and oxygen atoms in total. The zero-order valence-corrected chi connectivity index (χ0v) is 9.78. The molecule has 0 amide bonds. The van der Waals surface area contributed by atoms with Crippen molar-refractivity contribution in [2.75, 3.05) is 24.6 Å². The zero-order valence-electron chi connectivity index (χ0n) is 9.78. The van der Waals surface area contributed by atoms with Gasteiger partial charge in [0.15, 0.2) is 0 Å². The van der Waals surface area contributed by atoms with Gasteiger partial charge in [-0.05, 0) is 24.1 Å². The second kappa shape index (κ2) is 5.21. The summed E-state index contributed by atoms with van der Waals surface area (Å²) in [7, 11) is 0. The third-order valence-corrected chi connectivity index (χ3v) is 2.95. The average Bonchev–Trinajstić information content (AvgIpc) is 2.35. The molecule has 0 unspecified atom stereocenters. The first-order chi connectivity index (χ1) is 7.85. The molecule has 0 spiro atoms. The van der Waals surface area contributed by atoms with Crippen LogP contribution in [0.25, 0.3) is 0 Å². The van der Waals surface area contributed by atoms with Gasteiger partial charge in [-0.1, -0.05) is 19.4 Å². The molecule has 1 aromatic rings. The molecule has 0 bridgehead atoms. The van der Waals surface area contributed by atoms with E-state index in [4.69, 9.17) is 9.84 Å². The van der Waals surface area contributed by atoms with Crippen molar-refractivity contribution in [2.24, 2.45) is 0 Å². The summed E-state index contributed by atoms with van der Waals surface area (Å²) in [5.74, 6) is 0.911. The van der Waals surface area contributed by atoms with Gasteiger partial charge in [0, 0.05) is 6.54 Å². The molecular formula is C13H19NO2. The Morgan fingerprint density at radius 1 is 1.44 bits per heavy atom. The van der Waals surface area contributed by atoms with Gasteiger partial charge >= 0.3 is 0 Å². The summed E-state index contributed by atoms with van der Waals surface area (Å²) < 4.78 is 5.62. The second-order valence-electron chi connectivity index (χ2n) is 4.15. The molecular weight excluding hydrogens is 202 g/mol. The van der Waals surface area contributed by atoms with Crippen LogP contribution in [-0.4, -0.2) is 24.8 Å². The maximum absolute atomic E-state index is 9.08. The quantitative estimate of drug-likeness (QED) is 0.846. The molecule has 0 fully saturated rings. The van der Waals surface area contributed by atoms with Crippen molar-refractivity contribution >= 4 is 5.69 Å². The SMILES string of the molecule is CCCCN1CCOc2cc(CO)ccc21. The smallest absolute Gasteiger partial charge is 0.143 e. The Labute approximate surface area is 96.6 Å². The Morgan fingerprint density at radius 2 is 2.31 bits per heavy atom. The Bertz CT molecular complexity index is 352. The van der Waals surface area contributed by atoms with Crippen molar-refractivity contribution in [1.29, 1.82) is 0 Å². The van der Waals surface area contributed by atoms with Crippen LogP contribution in [0.3, 0.4) is 0 Å². The van der Waals surface area contributed by atoms with E-state index < -0.39 is 0 Å². The maximum Gasteiger partial charge on any atom is 0.143 e. The fraction of sp³-hybridized carbons (Fsp3) is 0.538. The first kappa shape index (κ1) is 11.3. The number of benzene rings is 1. The number of hydrogen-bond donors (Lipinski definition) is 1. The van der Waals surface area contributed by atoms with E-state index in [-0.39, 0.29) is 6.61 Å². The highest BCUT2D eigenvalue weighted by Crippen LogP contribution is 2.32. The molecule has 1 heterocycles. The van der Waals surface area contributed by atoms with Gasteiger partial charge < -0.3 is 14.7 Å². The third-order valence-electron chi connectivity index (χ3n) is 2.95. The summed E-state index contributed by atoms with van der Waals surface area (Å²) in [5, 5.41) is 9.08. The highest BCUT2D eigenvalue weighted by atomic mass is 16.5. The van der Waals surface area contributed by atoms with Crippen LogP contribution in [0.4, 0.5) is 5.69 Å². The van der Waals surface area contributed by atoms with Crippen molar-refractivity contribution in [3.8, 4) is 5.75 Å². The molecule has 0 saturated carbocycles. The highest BCUT2D eigenvalue weighted by molar-refractivity contribution is 5.61. The zero-order chi connectivity index (χ0) is 11.4. The molecule has 1 aliphatic heterocycles. The maximum atomic E-state index is 9.08. The summed E-state index contributed by atoms with van der Waals surface area (Å²) in [6.07, 6.45) is 2.42. The minimum Gasteiger partial charge on any atom is -0.490 e. The van der Waals surface area contributed by atoms with Crippen LogP contribution >= 0.6 is 0 Å². The fourth-order valence-electron chi connectivity index (χ4n) is 2.00. The average molecular weight is 221 g/mol. The summed E-state index contributed by atoms with van der Waals surface area (Å²) in [6, 6.07) is 5.95. The predicted octanol–water partition coefficient (Wildman–Crippen LogP) is 2.18. The number of fused-ring (bicyclic) bond motifs is 1. The third kappa shape index (κ3) is 2.30. The molecule has 1 N–H and O–H groups in total. The van der Waals surface area contributed by atoms with E-state index in [1.54, 1.807) is 0 Å². The summed E-state index contributed by atoms with van der Waals surface area (Å²) in [5.41, 5.74) is 2.08. The van der Waals surface area contributed by atoms with Crippen molar-refractivity contribution in [1.82, 2.24) is 0 Å². The number of ether oxygens (including phenoxy) is 1. The summed E-state index contributed by atoms with van der Waals surface area (Å²) >= 11 is 0. The van der Waals surface area contributed by atoms with E-state index in [2.05, 4.69) is 17.9 Å². The largest absolute Gasteiger partial charge is 0.490 e. The molecule has 0 aliphatic carbocycles. The normalized spacial score (nSPS) is 14.5. The van der Waals surface area contributed by atoms with E-state index in [1.807, 2.05) is 12.1 Å². The molecule has 88 valence electrons. The molecule has 3 heteroatoms. The molecule has 2 rings (SSSR count). The molecule has 1 aliphatic rings. The lowest BCUT2D eigenvalue weighted by Crippen LogP contribution is -2.33. The lowest BCUT2D eigenvalue weighted by atomic mass is 10.1. The lowest BCUT2D eigenvalue weighted by molar-refractivity contribution is 0.278. The van der Waals surface area contributed by atoms with Crippen molar-refractivity contribution < 1.29 is 9.84 Å². The van der Waals surface area contributed by atoms with Gasteiger partial charge in [-0.15, -0.1) is 0 Å². The van der Waals surface area contributed by atoms with E-state index in [1.165, 1.54) is 12.8 Å². The van der Waals surface area contributed by atoms with Crippen molar-refractivity contribution in [3.63, 3.8) is 0 Å². The van der Waals surface area contributed by atoms with Gasteiger partial charge in [0.25, 0.3) is 0 Å². The van der Waals surface area contributed by atoms with Crippen LogP contribution in [0.2, 0.25) is 0 Å². The number of anilines is 1. The molecule has 0 aromatic heterocycles. The topological polar surface area (TPSA) is 32.7 Å². The number of rotatable bonds is 4. The second-order valence-corrected chi connectivity index (χ2v) is 4.15. The first-order valence-electron chi connectivity index (χ1n) is 5.96. The van der Waals surface area contributed by atoms with Crippen molar-refractivity contribution in [3.05, 3.63) is 23.8 Å². The fourth-order valence-corrected chi connectivity index (χ4v) is 2.00. The number of aliphatic hydroxyl groups excluding tert-OH is 1. The van der Waals surface area contributed by atoms with Crippen LogP contribution in [0.5, 0.6) is 5.75 Å². The molecule has 16 heavy (non-hydrogen) atoms. The molecule has 0 saturated heterocycles. The van der Waals surface area contributed by atoms with E-state index in [0.29, 0.717) is 0 Å². The van der Waals surface area contributed by atoms with Crippen LogP contribution in [0.1, 0.15) is 25.3 Å². The Morgan fingerprint density at radius 3 is 3.06 bits per heavy atom. The van der Waals surface area contributed by atoms with Crippen LogP contribution in [-0.2, 0) is 6.61 Å². The van der Waals surface area contributed by atoms with Crippen LogP contribution in [0.15, 0.2) is 18.2 Å². The van der Waals surface area contributed by atoms with Crippen LogP contribution in [0, 0.1) is 0 Å². The number of aliphatic hydroxyl groups is 1. The minimum atomic E-state index is 0.0750. The van der Waals surface area contributed by atoms with Gasteiger partial charge in [0.1, 0.15) is 12.4 Å². The molecule has 1 aromatic carbocycles. The Kier molecular flexibility index (Phi) is 3.67. The molecule has 0 atom stereocenters. The summed E-state index contributed by atoms with van der Waals surface area (Å²) in [4.78, 5) is 2.36. The van der Waals surface area contributed by atoms with Gasteiger partial charge in [0.05, 0.1) is 18.8 Å². The number of unbranched alkanes of at least 4 members (excludes halogenated alkanes) is 1. The first-order valence-corrected chi connectivity index (χ1v) is 5.96. The number of nitrogens with zero attached hydrogens (tertiary/aromatic N) is 1. The van der Waals surface area contributed by atoms with E-state index in [9.17, 15) is 0 Å².